The van der Waals surface area contributed by atoms with Gasteiger partial charge in [-0.25, -0.2) is 8.42 Å². The zero-order valence-electron chi connectivity index (χ0n) is 10.9. The lowest BCUT2D eigenvalue weighted by Crippen LogP contribution is -2.46. The Kier molecular flexibility index (Phi) is 4.86. The lowest BCUT2D eigenvalue weighted by atomic mass is 9.96. The minimum absolute atomic E-state index is 0.0482. The number of sulfonamides is 1. The van der Waals surface area contributed by atoms with Crippen molar-refractivity contribution in [3.8, 4) is 0 Å². The van der Waals surface area contributed by atoms with E-state index in [2.05, 4.69) is 22.6 Å². The number of nitrogens with two attached hydrogens (primary N) is 1. The Labute approximate surface area is 128 Å². The minimum atomic E-state index is -3.40. The third-order valence-electron chi connectivity index (χ3n) is 3.68. The molecule has 2 atom stereocenters. The Hall–Kier alpha value is -0.180. The first-order valence-electron chi connectivity index (χ1n) is 6.42. The molecule has 1 aromatic rings. The molecule has 0 amide bonds. The maximum Gasteiger partial charge on any atom is 0.243 e. The van der Waals surface area contributed by atoms with Crippen LogP contribution in [0.25, 0.3) is 0 Å². The fourth-order valence-corrected chi connectivity index (χ4v) is 4.51. The molecule has 1 heterocycles. The van der Waals surface area contributed by atoms with E-state index >= 15 is 0 Å². The molecule has 1 aromatic carbocycles. The van der Waals surface area contributed by atoms with Gasteiger partial charge in [0.1, 0.15) is 0 Å². The summed E-state index contributed by atoms with van der Waals surface area (Å²) in [6.07, 6.45) is 1.89. The van der Waals surface area contributed by atoms with Gasteiger partial charge in [0.05, 0.1) is 4.90 Å². The normalized spacial score (nSPS) is 25.4. The van der Waals surface area contributed by atoms with E-state index in [1.54, 1.807) is 16.4 Å². The van der Waals surface area contributed by atoms with Gasteiger partial charge >= 0.3 is 0 Å². The summed E-state index contributed by atoms with van der Waals surface area (Å²) in [6.45, 7) is 3.05. The zero-order valence-corrected chi connectivity index (χ0v) is 13.9. The Bertz CT molecular complexity index is 530. The predicted octanol–water partition coefficient (Wildman–Crippen LogP) is 2.04. The summed E-state index contributed by atoms with van der Waals surface area (Å²) in [7, 11) is -3.40. The summed E-state index contributed by atoms with van der Waals surface area (Å²) in [6, 6.07) is 7.04. The molecule has 2 N–H and O–H groups in total. The average molecular weight is 394 g/mol. The molecule has 1 saturated heterocycles. The molecule has 106 valence electrons. The molecule has 1 fully saturated rings. The molecule has 1 aliphatic heterocycles. The molecular weight excluding hydrogens is 375 g/mol. The van der Waals surface area contributed by atoms with Gasteiger partial charge in [-0.3, -0.25) is 0 Å². The van der Waals surface area contributed by atoms with Gasteiger partial charge in [-0.15, -0.1) is 0 Å². The number of hydrogen-bond donors (Lipinski definition) is 1. The molecule has 0 aliphatic carbocycles. The van der Waals surface area contributed by atoms with E-state index in [9.17, 15) is 8.42 Å². The molecule has 0 radical (unpaired) electrons. The van der Waals surface area contributed by atoms with Crippen molar-refractivity contribution in [2.24, 2.45) is 11.7 Å². The van der Waals surface area contributed by atoms with E-state index in [0.29, 0.717) is 18.0 Å². The summed E-state index contributed by atoms with van der Waals surface area (Å²) in [5, 5.41) is 0. The number of benzene rings is 1. The van der Waals surface area contributed by atoms with Gasteiger partial charge in [0, 0.05) is 16.2 Å². The zero-order chi connectivity index (χ0) is 14.0. The highest BCUT2D eigenvalue weighted by Gasteiger charge is 2.34. The van der Waals surface area contributed by atoms with Crippen LogP contribution in [0.5, 0.6) is 0 Å². The second-order valence-electron chi connectivity index (χ2n) is 5.06. The first-order valence-corrected chi connectivity index (χ1v) is 8.94. The van der Waals surface area contributed by atoms with Crippen molar-refractivity contribution in [2.45, 2.75) is 30.7 Å². The van der Waals surface area contributed by atoms with Crippen LogP contribution in [-0.2, 0) is 10.0 Å². The monoisotopic (exact) mass is 394 g/mol. The largest absolute Gasteiger partial charge is 0.330 e. The molecule has 0 spiro atoms. The molecule has 4 nitrogen and oxygen atoms in total. The summed E-state index contributed by atoms with van der Waals surface area (Å²) >= 11 is 2.17. The van der Waals surface area contributed by atoms with Crippen molar-refractivity contribution in [1.82, 2.24) is 4.31 Å². The van der Waals surface area contributed by atoms with E-state index in [4.69, 9.17) is 5.73 Å². The molecular formula is C13H19IN2O2S. The molecule has 19 heavy (non-hydrogen) atoms. The van der Waals surface area contributed by atoms with Gasteiger partial charge in [0.25, 0.3) is 0 Å². The van der Waals surface area contributed by atoms with Crippen LogP contribution in [-0.4, -0.2) is 31.9 Å². The number of nitrogens with zero attached hydrogens (tertiary/aromatic N) is 1. The minimum Gasteiger partial charge on any atom is -0.330 e. The van der Waals surface area contributed by atoms with Crippen molar-refractivity contribution < 1.29 is 8.42 Å². The van der Waals surface area contributed by atoms with Crippen molar-refractivity contribution in [2.75, 3.05) is 13.1 Å². The second-order valence-corrected chi connectivity index (χ2v) is 8.19. The number of rotatable bonds is 3. The predicted molar refractivity (Wildman–Crippen MR) is 84.3 cm³/mol. The van der Waals surface area contributed by atoms with Crippen molar-refractivity contribution in [1.29, 1.82) is 0 Å². The third kappa shape index (κ3) is 3.29. The number of hydrogen-bond acceptors (Lipinski definition) is 3. The summed E-state index contributed by atoms with van der Waals surface area (Å²) < 4.78 is 27.9. The highest BCUT2D eigenvalue weighted by Crippen LogP contribution is 2.27. The van der Waals surface area contributed by atoms with Gasteiger partial charge in [-0.2, -0.15) is 4.31 Å². The van der Waals surface area contributed by atoms with Crippen molar-refractivity contribution in [3.05, 3.63) is 27.8 Å². The smallest absolute Gasteiger partial charge is 0.243 e. The van der Waals surface area contributed by atoms with E-state index in [-0.39, 0.29) is 12.0 Å². The van der Waals surface area contributed by atoms with Crippen LogP contribution in [0, 0.1) is 9.49 Å². The summed E-state index contributed by atoms with van der Waals surface area (Å²) in [5.41, 5.74) is 5.69. The molecule has 6 heteroatoms. The Balaban J connectivity index is 2.29. The lowest BCUT2D eigenvalue weighted by molar-refractivity contribution is 0.211. The molecule has 0 bridgehead atoms. The van der Waals surface area contributed by atoms with Crippen molar-refractivity contribution in [3.63, 3.8) is 0 Å². The van der Waals surface area contributed by atoms with Gasteiger partial charge in [-0.1, -0.05) is 0 Å². The fraction of sp³-hybridized carbons (Fsp3) is 0.538. The fourth-order valence-electron chi connectivity index (χ4n) is 2.42. The standard InChI is InChI=1S/C13H19IN2O2S/c1-10-2-3-11(8-15)9-16(10)19(17,18)13-6-4-12(14)5-7-13/h4-7,10-11H,2-3,8-9,15H2,1H3. The Morgan fingerprint density at radius 3 is 2.53 bits per heavy atom. The Morgan fingerprint density at radius 1 is 1.32 bits per heavy atom. The van der Waals surface area contributed by atoms with E-state index < -0.39 is 10.0 Å². The van der Waals surface area contributed by atoms with Crippen LogP contribution in [0.15, 0.2) is 29.2 Å². The molecule has 1 aliphatic rings. The van der Waals surface area contributed by atoms with Crippen molar-refractivity contribution >= 4 is 32.6 Å². The van der Waals surface area contributed by atoms with Gasteiger partial charge in [0.15, 0.2) is 0 Å². The molecule has 0 saturated carbocycles. The highest BCUT2D eigenvalue weighted by atomic mass is 127. The van der Waals surface area contributed by atoms with Crippen LogP contribution >= 0.6 is 22.6 Å². The SMILES string of the molecule is CC1CCC(CN)CN1S(=O)(=O)c1ccc(I)cc1. The second kappa shape index (κ2) is 6.07. The van der Waals surface area contributed by atoms with E-state index in [1.807, 2.05) is 19.1 Å². The van der Waals surface area contributed by atoms with Gasteiger partial charge < -0.3 is 5.73 Å². The molecule has 2 rings (SSSR count). The molecule has 0 aromatic heterocycles. The first kappa shape index (κ1) is 15.2. The average Bonchev–Trinajstić information content (AvgIpc) is 2.39. The van der Waals surface area contributed by atoms with Crippen LogP contribution in [0.4, 0.5) is 0 Å². The highest BCUT2D eigenvalue weighted by molar-refractivity contribution is 14.1. The summed E-state index contributed by atoms with van der Waals surface area (Å²) in [4.78, 5) is 0.373. The first-order chi connectivity index (χ1) is 8.95. The van der Waals surface area contributed by atoms with Crippen LogP contribution in [0.1, 0.15) is 19.8 Å². The number of halogens is 1. The van der Waals surface area contributed by atoms with Crippen LogP contribution in [0.2, 0.25) is 0 Å². The lowest BCUT2D eigenvalue weighted by Gasteiger charge is -2.36. The quantitative estimate of drug-likeness (QED) is 0.799. The topological polar surface area (TPSA) is 63.4 Å². The Morgan fingerprint density at radius 2 is 1.95 bits per heavy atom. The summed E-state index contributed by atoms with van der Waals surface area (Å²) in [5.74, 6) is 0.273. The van der Waals surface area contributed by atoms with E-state index in [0.717, 1.165) is 16.4 Å². The van der Waals surface area contributed by atoms with Crippen LogP contribution in [0.3, 0.4) is 0 Å². The maximum absolute atomic E-state index is 12.7. The van der Waals surface area contributed by atoms with Crippen LogP contribution < -0.4 is 5.73 Å². The third-order valence-corrected chi connectivity index (χ3v) is 6.39. The number of piperidine rings is 1. The van der Waals surface area contributed by atoms with E-state index in [1.165, 1.54) is 0 Å². The van der Waals surface area contributed by atoms with Gasteiger partial charge in [0.2, 0.25) is 10.0 Å². The molecule has 2 unspecified atom stereocenters. The maximum atomic E-state index is 12.7. The van der Waals surface area contributed by atoms with Gasteiger partial charge in [-0.05, 0) is 79.1 Å².